The number of imide groups is 1. The van der Waals surface area contributed by atoms with Gasteiger partial charge in [-0.2, -0.15) is 0 Å². The minimum atomic E-state index is -0.862. The van der Waals surface area contributed by atoms with E-state index in [0.29, 0.717) is 36.8 Å². The summed E-state index contributed by atoms with van der Waals surface area (Å²) in [5.41, 5.74) is 0. The van der Waals surface area contributed by atoms with Gasteiger partial charge in [0.15, 0.2) is 0 Å². The SMILES string of the molecule is COC(=O)NC(=O)[C@@H]1CCCN1C(=O)C(CC1CCCC1)CN(O)C=O. The Labute approximate surface area is 152 Å². The summed E-state index contributed by atoms with van der Waals surface area (Å²) >= 11 is 0. The standard InChI is InChI=1S/C17H27N3O6/c1-26-17(24)18-15(22)14-7-4-8-20(14)16(23)13(10-19(25)11-21)9-12-5-2-3-6-12/h11-14,25H,2-10H2,1H3,(H,18,22,24)/t13?,14-/m0/s1. The van der Waals surface area contributed by atoms with Crippen LogP contribution in [0.4, 0.5) is 4.79 Å². The number of hydroxylamine groups is 2. The highest BCUT2D eigenvalue weighted by Crippen LogP contribution is 2.32. The second kappa shape index (κ2) is 9.51. The van der Waals surface area contributed by atoms with Gasteiger partial charge in [-0.05, 0) is 25.2 Å². The second-order valence-corrected chi connectivity index (χ2v) is 6.98. The van der Waals surface area contributed by atoms with E-state index in [9.17, 15) is 24.4 Å². The van der Waals surface area contributed by atoms with Crippen molar-refractivity contribution < 1.29 is 29.1 Å². The monoisotopic (exact) mass is 369 g/mol. The fourth-order valence-corrected chi connectivity index (χ4v) is 3.94. The van der Waals surface area contributed by atoms with E-state index < -0.39 is 24.0 Å². The Hall–Kier alpha value is -2.16. The Morgan fingerprint density at radius 3 is 2.58 bits per heavy atom. The lowest BCUT2D eigenvalue weighted by Gasteiger charge is -2.30. The van der Waals surface area contributed by atoms with E-state index in [1.807, 2.05) is 0 Å². The van der Waals surface area contributed by atoms with Crippen LogP contribution in [0.5, 0.6) is 0 Å². The lowest BCUT2D eigenvalue weighted by atomic mass is 9.91. The van der Waals surface area contributed by atoms with Crippen LogP contribution < -0.4 is 5.32 Å². The van der Waals surface area contributed by atoms with Crippen molar-refractivity contribution in [1.29, 1.82) is 0 Å². The van der Waals surface area contributed by atoms with Crippen LogP contribution in [0.2, 0.25) is 0 Å². The number of nitrogens with zero attached hydrogens (tertiary/aromatic N) is 2. The molecule has 0 bridgehead atoms. The topological polar surface area (TPSA) is 116 Å². The zero-order chi connectivity index (χ0) is 19.1. The smallest absolute Gasteiger partial charge is 0.413 e. The fourth-order valence-electron chi connectivity index (χ4n) is 3.94. The molecule has 2 aliphatic rings. The fraction of sp³-hybridized carbons (Fsp3) is 0.765. The van der Waals surface area contributed by atoms with Crippen molar-refractivity contribution in [1.82, 2.24) is 15.3 Å². The van der Waals surface area contributed by atoms with E-state index in [4.69, 9.17) is 0 Å². The molecule has 2 atom stereocenters. The number of ether oxygens (including phenoxy) is 1. The van der Waals surface area contributed by atoms with Gasteiger partial charge in [-0.25, -0.2) is 9.86 Å². The molecule has 9 heteroatoms. The molecule has 0 aromatic heterocycles. The van der Waals surface area contributed by atoms with Gasteiger partial charge in [0.25, 0.3) is 5.91 Å². The number of nitrogens with one attached hydrogen (secondary N) is 1. The molecule has 0 radical (unpaired) electrons. The molecule has 1 aliphatic carbocycles. The maximum atomic E-state index is 13.0. The number of rotatable bonds is 7. The summed E-state index contributed by atoms with van der Waals surface area (Å²) in [6.07, 6.45) is 5.40. The largest absolute Gasteiger partial charge is 0.453 e. The molecule has 1 unspecified atom stereocenters. The third-order valence-electron chi connectivity index (χ3n) is 5.22. The third-order valence-corrected chi connectivity index (χ3v) is 5.22. The molecular weight excluding hydrogens is 342 g/mol. The van der Waals surface area contributed by atoms with Crippen LogP contribution in [0.3, 0.4) is 0 Å². The lowest BCUT2D eigenvalue weighted by Crippen LogP contribution is -2.50. The molecule has 146 valence electrons. The van der Waals surface area contributed by atoms with E-state index in [1.165, 1.54) is 4.90 Å². The van der Waals surface area contributed by atoms with Gasteiger partial charge < -0.3 is 9.64 Å². The van der Waals surface area contributed by atoms with Crippen molar-refractivity contribution in [2.24, 2.45) is 11.8 Å². The van der Waals surface area contributed by atoms with Crippen LogP contribution >= 0.6 is 0 Å². The molecule has 1 saturated heterocycles. The molecule has 26 heavy (non-hydrogen) atoms. The lowest BCUT2D eigenvalue weighted by molar-refractivity contribution is -0.158. The molecule has 4 amide bonds. The molecular formula is C17H27N3O6. The van der Waals surface area contributed by atoms with Crippen LogP contribution in [0.15, 0.2) is 0 Å². The Bertz CT molecular complexity index is 535. The average molecular weight is 369 g/mol. The van der Waals surface area contributed by atoms with Gasteiger partial charge in [0.2, 0.25) is 12.3 Å². The van der Waals surface area contributed by atoms with Crippen molar-refractivity contribution in [2.45, 2.75) is 51.0 Å². The minimum Gasteiger partial charge on any atom is -0.453 e. The first-order valence-corrected chi connectivity index (χ1v) is 9.06. The van der Waals surface area contributed by atoms with E-state index in [2.05, 4.69) is 10.1 Å². The van der Waals surface area contributed by atoms with E-state index >= 15 is 0 Å². The van der Waals surface area contributed by atoms with Gasteiger partial charge in [0, 0.05) is 6.54 Å². The summed E-state index contributed by atoms with van der Waals surface area (Å²) in [6, 6.07) is -0.740. The van der Waals surface area contributed by atoms with Crippen molar-refractivity contribution in [3.63, 3.8) is 0 Å². The van der Waals surface area contributed by atoms with Crippen molar-refractivity contribution >= 4 is 24.3 Å². The number of likely N-dealkylation sites (tertiary alicyclic amines) is 1. The van der Waals surface area contributed by atoms with Gasteiger partial charge in [0.05, 0.1) is 19.6 Å². The predicted molar refractivity (Wildman–Crippen MR) is 89.9 cm³/mol. The summed E-state index contributed by atoms with van der Waals surface area (Å²) in [5, 5.41) is 12.2. The number of hydrogen-bond acceptors (Lipinski definition) is 6. The van der Waals surface area contributed by atoms with E-state index in [1.54, 1.807) is 0 Å². The maximum Gasteiger partial charge on any atom is 0.413 e. The third kappa shape index (κ3) is 5.17. The molecule has 1 heterocycles. The van der Waals surface area contributed by atoms with Gasteiger partial charge in [-0.15, -0.1) is 0 Å². The molecule has 9 nitrogen and oxygen atoms in total. The first-order chi connectivity index (χ1) is 12.5. The molecule has 1 saturated carbocycles. The van der Waals surface area contributed by atoms with Crippen LogP contribution in [-0.2, 0) is 19.1 Å². The Balaban J connectivity index is 2.07. The molecule has 0 spiro atoms. The number of methoxy groups -OCH3 is 1. The van der Waals surface area contributed by atoms with Gasteiger partial charge in [-0.1, -0.05) is 25.7 Å². The summed E-state index contributed by atoms with van der Waals surface area (Å²) in [4.78, 5) is 48.8. The Morgan fingerprint density at radius 1 is 1.27 bits per heavy atom. The van der Waals surface area contributed by atoms with Crippen LogP contribution in [0.25, 0.3) is 0 Å². The predicted octanol–water partition coefficient (Wildman–Crippen LogP) is 0.904. The zero-order valence-electron chi connectivity index (χ0n) is 15.1. The first kappa shape index (κ1) is 20.2. The normalized spacial score (nSPS) is 21.3. The van der Waals surface area contributed by atoms with E-state index in [0.717, 1.165) is 32.8 Å². The number of carbonyl (C=O) groups excluding carboxylic acids is 4. The molecule has 2 fully saturated rings. The van der Waals surface area contributed by atoms with E-state index in [-0.39, 0.29) is 18.9 Å². The van der Waals surface area contributed by atoms with Crippen LogP contribution in [-0.4, -0.2) is 65.7 Å². The first-order valence-electron chi connectivity index (χ1n) is 9.06. The highest BCUT2D eigenvalue weighted by Gasteiger charge is 2.39. The van der Waals surface area contributed by atoms with Crippen molar-refractivity contribution in [2.75, 3.05) is 20.2 Å². The zero-order valence-corrected chi connectivity index (χ0v) is 15.1. The van der Waals surface area contributed by atoms with Gasteiger partial charge in [0.1, 0.15) is 6.04 Å². The highest BCUT2D eigenvalue weighted by atomic mass is 16.5. The molecule has 2 rings (SSSR count). The molecule has 0 aromatic carbocycles. The number of amides is 4. The van der Waals surface area contributed by atoms with Crippen LogP contribution in [0, 0.1) is 11.8 Å². The van der Waals surface area contributed by atoms with Crippen LogP contribution in [0.1, 0.15) is 44.9 Å². The molecule has 1 aliphatic heterocycles. The number of carbonyl (C=O) groups is 4. The average Bonchev–Trinajstić information content (AvgIpc) is 3.31. The van der Waals surface area contributed by atoms with Gasteiger partial charge >= 0.3 is 6.09 Å². The Kier molecular flexibility index (Phi) is 7.38. The molecule has 0 aromatic rings. The number of hydrogen-bond donors (Lipinski definition) is 2. The van der Waals surface area contributed by atoms with Crippen molar-refractivity contribution in [3.8, 4) is 0 Å². The minimum absolute atomic E-state index is 0.0966. The highest BCUT2D eigenvalue weighted by molar-refractivity contribution is 5.97. The molecule has 2 N–H and O–H groups in total. The Morgan fingerprint density at radius 2 is 1.96 bits per heavy atom. The summed E-state index contributed by atoms with van der Waals surface area (Å²) in [7, 11) is 1.16. The summed E-state index contributed by atoms with van der Waals surface area (Å²) < 4.78 is 4.43. The second-order valence-electron chi connectivity index (χ2n) is 6.98. The summed E-state index contributed by atoms with van der Waals surface area (Å²) in [5.74, 6) is -1.02. The maximum absolute atomic E-state index is 13.0. The van der Waals surface area contributed by atoms with Crippen molar-refractivity contribution in [3.05, 3.63) is 0 Å². The number of alkyl carbamates (subject to hydrolysis) is 1. The van der Waals surface area contributed by atoms with Gasteiger partial charge in [-0.3, -0.25) is 24.9 Å². The summed E-state index contributed by atoms with van der Waals surface area (Å²) in [6.45, 7) is 0.312. The quantitative estimate of drug-likeness (QED) is 0.391.